The first-order valence-electron chi connectivity index (χ1n) is 8.17. The van der Waals surface area contributed by atoms with E-state index in [1.165, 1.54) is 6.07 Å². The minimum atomic E-state index is -0.608. The molecule has 3 rings (SSSR count). The fourth-order valence-electron chi connectivity index (χ4n) is 3.06. The predicted octanol–water partition coefficient (Wildman–Crippen LogP) is 3.08. The maximum absolute atomic E-state index is 12.6. The van der Waals surface area contributed by atoms with Crippen molar-refractivity contribution in [1.29, 1.82) is 5.26 Å². The predicted molar refractivity (Wildman–Crippen MR) is 93.2 cm³/mol. The topological polar surface area (TPSA) is 70.4 Å². The van der Waals surface area contributed by atoms with Crippen LogP contribution in [0.5, 0.6) is 0 Å². The Morgan fingerprint density at radius 2 is 2.04 bits per heavy atom. The molecule has 0 fully saturated rings. The van der Waals surface area contributed by atoms with Crippen LogP contribution in [-0.2, 0) is 16.0 Å². The number of benzene rings is 2. The molecule has 0 aliphatic carbocycles. The lowest BCUT2D eigenvalue weighted by molar-refractivity contribution is -0.122. The van der Waals surface area contributed by atoms with Crippen molar-refractivity contribution in [2.24, 2.45) is 0 Å². The Hall–Kier alpha value is -3.13. The van der Waals surface area contributed by atoms with Crippen LogP contribution in [0.4, 0.5) is 5.69 Å². The number of carbonyl (C=O) groups excluding carboxylic acids is 2. The van der Waals surface area contributed by atoms with Gasteiger partial charge in [0.1, 0.15) is 0 Å². The molecule has 25 heavy (non-hydrogen) atoms. The van der Waals surface area contributed by atoms with Crippen LogP contribution in [0.1, 0.15) is 34.8 Å². The van der Waals surface area contributed by atoms with Gasteiger partial charge < -0.3 is 9.64 Å². The third-order valence-electron chi connectivity index (χ3n) is 4.35. The summed E-state index contributed by atoms with van der Waals surface area (Å²) in [5.41, 5.74) is 2.65. The number of nitrogens with zero attached hydrogens (tertiary/aromatic N) is 2. The van der Waals surface area contributed by atoms with Gasteiger partial charge in [0.05, 0.1) is 17.2 Å². The number of fused-ring (bicyclic) bond motifs is 1. The molecular formula is C20H18N2O3. The Labute approximate surface area is 146 Å². The van der Waals surface area contributed by atoms with Gasteiger partial charge in [-0.05, 0) is 49.6 Å². The van der Waals surface area contributed by atoms with Gasteiger partial charge in [-0.15, -0.1) is 0 Å². The number of rotatable bonds is 3. The van der Waals surface area contributed by atoms with E-state index in [0.29, 0.717) is 5.56 Å². The summed E-state index contributed by atoms with van der Waals surface area (Å²) in [4.78, 5) is 26.5. The van der Waals surface area contributed by atoms with Gasteiger partial charge in [-0.2, -0.15) is 5.26 Å². The highest BCUT2D eigenvalue weighted by molar-refractivity contribution is 5.98. The third kappa shape index (κ3) is 3.53. The van der Waals surface area contributed by atoms with Gasteiger partial charge in [0.15, 0.2) is 6.61 Å². The Morgan fingerprint density at radius 1 is 1.24 bits per heavy atom. The number of nitriles is 1. The highest BCUT2D eigenvalue weighted by Gasteiger charge is 2.28. The molecule has 1 amide bonds. The lowest BCUT2D eigenvalue weighted by Gasteiger charge is -2.35. The Morgan fingerprint density at radius 3 is 2.84 bits per heavy atom. The van der Waals surface area contributed by atoms with E-state index < -0.39 is 5.97 Å². The summed E-state index contributed by atoms with van der Waals surface area (Å²) < 4.78 is 5.17. The van der Waals surface area contributed by atoms with E-state index in [4.69, 9.17) is 10.00 Å². The summed E-state index contributed by atoms with van der Waals surface area (Å²) in [5.74, 6) is -0.854. The molecule has 2 aromatic rings. The van der Waals surface area contributed by atoms with Crippen molar-refractivity contribution in [1.82, 2.24) is 0 Å². The summed E-state index contributed by atoms with van der Waals surface area (Å²) in [5, 5.41) is 8.89. The monoisotopic (exact) mass is 334 g/mol. The van der Waals surface area contributed by atoms with Gasteiger partial charge in [-0.25, -0.2) is 4.79 Å². The average Bonchev–Trinajstić information content (AvgIpc) is 2.65. The van der Waals surface area contributed by atoms with Crippen LogP contribution in [0, 0.1) is 11.3 Å². The van der Waals surface area contributed by atoms with E-state index in [1.54, 1.807) is 23.1 Å². The van der Waals surface area contributed by atoms with Gasteiger partial charge in [-0.3, -0.25) is 4.79 Å². The highest BCUT2D eigenvalue weighted by atomic mass is 16.5. The number of ether oxygens (including phenoxy) is 1. The molecule has 5 nitrogen and oxygen atoms in total. The number of para-hydroxylation sites is 1. The van der Waals surface area contributed by atoms with Crippen molar-refractivity contribution >= 4 is 17.6 Å². The van der Waals surface area contributed by atoms with Crippen LogP contribution < -0.4 is 4.90 Å². The lowest BCUT2D eigenvalue weighted by Crippen LogP contribution is -2.44. The van der Waals surface area contributed by atoms with Crippen LogP contribution in [0.25, 0.3) is 0 Å². The van der Waals surface area contributed by atoms with Crippen LogP contribution >= 0.6 is 0 Å². The van der Waals surface area contributed by atoms with E-state index in [-0.39, 0.29) is 24.1 Å². The number of aryl methyl sites for hydroxylation is 1. The van der Waals surface area contributed by atoms with Crippen LogP contribution in [0.3, 0.4) is 0 Å². The Kier molecular flexibility index (Phi) is 4.80. The van der Waals surface area contributed by atoms with Crippen molar-refractivity contribution in [2.75, 3.05) is 11.5 Å². The van der Waals surface area contributed by atoms with E-state index in [2.05, 4.69) is 0 Å². The van der Waals surface area contributed by atoms with Gasteiger partial charge in [-0.1, -0.05) is 24.3 Å². The van der Waals surface area contributed by atoms with Crippen molar-refractivity contribution in [3.8, 4) is 6.07 Å². The lowest BCUT2D eigenvalue weighted by atomic mass is 9.96. The summed E-state index contributed by atoms with van der Waals surface area (Å²) in [6.07, 6.45) is 1.81. The maximum Gasteiger partial charge on any atom is 0.338 e. The molecule has 0 aromatic heterocycles. The van der Waals surface area contributed by atoms with Gasteiger partial charge in [0.25, 0.3) is 5.91 Å². The quantitative estimate of drug-likeness (QED) is 0.809. The van der Waals surface area contributed by atoms with Crippen molar-refractivity contribution in [2.45, 2.75) is 25.8 Å². The smallest absolute Gasteiger partial charge is 0.338 e. The maximum atomic E-state index is 12.6. The SMILES string of the molecule is CC1CCc2ccccc2N1C(=O)COC(=O)c1cccc(C#N)c1. The fraction of sp³-hybridized carbons (Fsp3) is 0.250. The number of esters is 1. The van der Waals surface area contributed by atoms with Crippen molar-refractivity contribution < 1.29 is 14.3 Å². The second-order valence-corrected chi connectivity index (χ2v) is 6.05. The molecule has 0 N–H and O–H groups in total. The van der Waals surface area contributed by atoms with Gasteiger partial charge in [0.2, 0.25) is 0 Å². The van der Waals surface area contributed by atoms with Gasteiger partial charge in [0, 0.05) is 11.7 Å². The largest absolute Gasteiger partial charge is 0.452 e. The molecule has 1 heterocycles. The van der Waals surface area contributed by atoms with E-state index in [1.807, 2.05) is 37.3 Å². The summed E-state index contributed by atoms with van der Waals surface area (Å²) in [6.45, 7) is 1.67. The normalized spacial score (nSPS) is 15.8. The zero-order valence-corrected chi connectivity index (χ0v) is 13.9. The second-order valence-electron chi connectivity index (χ2n) is 6.05. The molecular weight excluding hydrogens is 316 g/mol. The molecule has 1 unspecified atom stereocenters. The van der Waals surface area contributed by atoms with Crippen LogP contribution in [-0.4, -0.2) is 24.5 Å². The zero-order valence-electron chi connectivity index (χ0n) is 13.9. The standard InChI is InChI=1S/C20H18N2O3/c1-14-9-10-16-6-2-3-8-18(16)22(14)19(23)13-25-20(24)17-7-4-5-15(11-17)12-21/h2-8,11,14H,9-10,13H2,1H3. The molecule has 1 aliphatic heterocycles. The van der Waals surface area contributed by atoms with E-state index in [0.717, 1.165) is 24.1 Å². The van der Waals surface area contributed by atoms with Crippen LogP contribution in [0.2, 0.25) is 0 Å². The zero-order chi connectivity index (χ0) is 17.8. The molecule has 126 valence electrons. The molecule has 0 radical (unpaired) electrons. The first-order valence-corrected chi connectivity index (χ1v) is 8.17. The van der Waals surface area contributed by atoms with Crippen molar-refractivity contribution in [3.05, 3.63) is 65.2 Å². The molecule has 1 atom stereocenters. The number of carbonyl (C=O) groups is 2. The highest BCUT2D eigenvalue weighted by Crippen LogP contribution is 2.30. The molecule has 1 aliphatic rings. The van der Waals surface area contributed by atoms with E-state index >= 15 is 0 Å². The minimum Gasteiger partial charge on any atom is -0.452 e. The molecule has 2 aromatic carbocycles. The average molecular weight is 334 g/mol. The van der Waals surface area contributed by atoms with Crippen molar-refractivity contribution in [3.63, 3.8) is 0 Å². The Balaban J connectivity index is 1.70. The fourth-order valence-corrected chi connectivity index (χ4v) is 3.06. The first-order chi connectivity index (χ1) is 12.1. The molecule has 0 spiro atoms. The molecule has 0 saturated carbocycles. The molecule has 0 saturated heterocycles. The molecule has 0 bridgehead atoms. The Bertz CT molecular complexity index is 854. The number of hydrogen-bond donors (Lipinski definition) is 0. The van der Waals surface area contributed by atoms with E-state index in [9.17, 15) is 9.59 Å². The third-order valence-corrected chi connectivity index (χ3v) is 4.35. The minimum absolute atomic E-state index is 0.0584. The van der Waals surface area contributed by atoms with Crippen LogP contribution in [0.15, 0.2) is 48.5 Å². The summed E-state index contributed by atoms with van der Waals surface area (Å²) in [6, 6.07) is 16.0. The summed E-state index contributed by atoms with van der Waals surface area (Å²) >= 11 is 0. The van der Waals surface area contributed by atoms with Gasteiger partial charge >= 0.3 is 5.97 Å². The number of hydrogen-bond acceptors (Lipinski definition) is 4. The number of anilines is 1. The second kappa shape index (κ2) is 7.18. The summed E-state index contributed by atoms with van der Waals surface area (Å²) in [7, 11) is 0. The molecule has 5 heteroatoms. The first kappa shape index (κ1) is 16.7. The number of amides is 1.